The average molecular weight is 518 g/mol. The number of anilines is 2. The van der Waals surface area contributed by atoms with Gasteiger partial charge in [0.1, 0.15) is 16.7 Å². The van der Waals surface area contributed by atoms with Crippen molar-refractivity contribution >= 4 is 50.9 Å². The number of carbonyl (C=O) groups is 2. The van der Waals surface area contributed by atoms with Gasteiger partial charge in [0.05, 0.1) is 5.25 Å². The number of nitrogens with one attached hydrogen (secondary N) is 1. The molecule has 4 rings (SSSR count). The van der Waals surface area contributed by atoms with Crippen LogP contribution in [0.5, 0.6) is 0 Å². The minimum atomic E-state index is -0.541. The maximum Gasteiger partial charge on any atom is 0.269 e. The Morgan fingerprint density at radius 3 is 2.36 bits per heavy atom. The summed E-state index contributed by atoms with van der Waals surface area (Å²) in [5.74, 6) is -0.692. The summed E-state index contributed by atoms with van der Waals surface area (Å²) in [6.45, 7) is 1.96. The molecule has 1 aliphatic rings. The van der Waals surface area contributed by atoms with Crippen molar-refractivity contribution in [1.29, 1.82) is 5.26 Å². The molecule has 1 aliphatic heterocycles. The second-order valence-corrected chi connectivity index (χ2v) is 9.67. The molecule has 0 radical (unpaired) electrons. The number of aryl methyl sites for hydroxylation is 1. The molecule has 0 spiro atoms. The van der Waals surface area contributed by atoms with Gasteiger partial charge in [-0.1, -0.05) is 75.7 Å². The Morgan fingerprint density at radius 1 is 1.06 bits per heavy atom. The van der Waals surface area contributed by atoms with Crippen molar-refractivity contribution in [1.82, 2.24) is 0 Å². The molecule has 1 unspecified atom stereocenters. The zero-order valence-corrected chi connectivity index (χ0v) is 20.2. The van der Waals surface area contributed by atoms with Crippen LogP contribution in [0.15, 0.2) is 93.9 Å². The Hall–Kier alpha value is -3.34. The van der Waals surface area contributed by atoms with Crippen LogP contribution in [0.1, 0.15) is 11.1 Å². The third-order valence-corrected chi connectivity index (χ3v) is 6.96. The first-order valence-electron chi connectivity index (χ1n) is 10.3. The van der Waals surface area contributed by atoms with E-state index in [1.807, 2.05) is 67.6 Å². The van der Waals surface area contributed by atoms with E-state index < -0.39 is 11.2 Å². The number of para-hydroxylation sites is 1. The highest BCUT2D eigenvalue weighted by Gasteiger charge is 2.40. The largest absolute Gasteiger partial charge is 0.321 e. The molecule has 0 aromatic heterocycles. The summed E-state index contributed by atoms with van der Waals surface area (Å²) in [5.41, 5.74) is 3.18. The number of thioether (sulfide) groups is 1. The lowest BCUT2D eigenvalue weighted by Gasteiger charge is -2.19. The number of hydrogen-bond donors (Lipinski definition) is 1. The van der Waals surface area contributed by atoms with Gasteiger partial charge in [-0.15, -0.1) is 0 Å². The lowest BCUT2D eigenvalue weighted by molar-refractivity contribution is -0.117. The van der Waals surface area contributed by atoms with Gasteiger partial charge in [0.2, 0.25) is 5.91 Å². The second kappa shape index (κ2) is 10.1. The fraction of sp³-hybridized carbons (Fsp3) is 0.115. The summed E-state index contributed by atoms with van der Waals surface area (Å²) < 4.78 is 0.961. The molecule has 33 heavy (non-hydrogen) atoms. The SMILES string of the molecule is Cc1ccc(N2C(=O)C(Cc3ccc(Br)cc3)S/C2=C(/C#N)C(=O)Nc2ccccc2)cc1. The van der Waals surface area contributed by atoms with E-state index in [-0.39, 0.29) is 11.5 Å². The zero-order chi connectivity index (χ0) is 23.4. The van der Waals surface area contributed by atoms with Crippen molar-refractivity contribution in [2.45, 2.75) is 18.6 Å². The van der Waals surface area contributed by atoms with E-state index in [9.17, 15) is 14.9 Å². The van der Waals surface area contributed by atoms with Gasteiger partial charge >= 0.3 is 0 Å². The third-order valence-electron chi connectivity index (χ3n) is 5.16. The predicted octanol–water partition coefficient (Wildman–Crippen LogP) is 5.82. The normalized spacial score (nSPS) is 16.9. The molecule has 7 heteroatoms. The van der Waals surface area contributed by atoms with Crippen LogP contribution in [-0.2, 0) is 16.0 Å². The maximum atomic E-state index is 13.5. The lowest BCUT2D eigenvalue weighted by atomic mass is 10.1. The first-order valence-corrected chi connectivity index (χ1v) is 12.0. The van der Waals surface area contributed by atoms with E-state index in [4.69, 9.17) is 0 Å². The van der Waals surface area contributed by atoms with Crippen LogP contribution in [0.2, 0.25) is 0 Å². The summed E-state index contributed by atoms with van der Waals surface area (Å²) in [5, 5.41) is 12.6. The molecule has 0 bridgehead atoms. The molecule has 1 fully saturated rings. The Morgan fingerprint density at radius 2 is 1.73 bits per heavy atom. The van der Waals surface area contributed by atoms with E-state index in [0.717, 1.165) is 15.6 Å². The number of halogens is 1. The average Bonchev–Trinajstić information content (AvgIpc) is 3.12. The number of nitriles is 1. The first-order chi connectivity index (χ1) is 16.0. The fourth-order valence-electron chi connectivity index (χ4n) is 3.47. The number of rotatable bonds is 5. The summed E-state index contributed by atoms with van der Waals surface area (Å²) in [6.07, 6.45) is 0.488. The van der Waals surface area contributed by atoms with Crippen molar-refractivity contribution in [3.05, 3.63) is 105 Å². The quantitative estimate of drug-likeness (QED) is 0.341. The molecule has 1 saturated heterocycles. The number of carbonyl (C=O) groups excluding carboxylic acids is 2. The highest BCUT2D eigenvalue weighted by Crippen LogP contribution is 2.42. The standard InChI is InChI=1S/C26H20BrN3O2S/c1-17-7-13-21(14-8-17)30-25(32)23(15-18-9-11-19(27)12-10-18)33-26(30)22(16-28)24(31)29-20-5-3-2-4-6-20/h2-14,23H,15H2,1H3,(H,29,31)/b26-22-. The molecular formula is C26H20BrN3O2S. The molecule has 3 aromatic carbocycles. The highest BCUT2D eigenvalue weighted by atomic mass is 79.9. The van der Waals surface area contributed by atoms with Gasteiger partial charge in [-0.05, 0) is 55.3 Å². The maximum absolute atomic E-state index is 13.5. The van der Waals surface area contributed by atoms with Gasteiger partial charge in [0.25, 0.3) is 5.91 Å². The van der Waals surface area contributed by atoms with Crippen molar-refractivity contribution in [2.24, 2.45) is 0 Å². The summed E-state index contributed by atoms with van der Waals surface area (Å²) >= 11 is 4.69. The predicted molar refractivity (Wildman–Crippen MR) is 136 cm³/mol. The monoisotopic (exact) mass is 517 g/mol. The molecule has 2 amide bonds. The number of hydrogen-bond acceptors (Lipinski definition) is 4. The van der Waals surface area contributed by atoms with Gasteiger partial charge in [0.15, 0.2) is 0 Å². The summed E-state index contributed by atoms with van der Waals surface area (Å²) in [6, 6.07) is 26.2. The summed E-state index contributed by atoms with van der Waals surface area (Å²) in [7, 11) is 0. The molecule has 0 saturated carbocycles. The molecule has 5 nitrogen and oxygen atoms in total. The third kappa shape index (κ3) is 5.19. The van der Waals surface area contributed by atoms with E-state index in [0.29, 0.717) is 22.8 Å². The van der Waals surface area contributed by atoms with Gasteiger partial charge < -0.3 is 5.32 Å². The zero-order valence-electron chi connectivity index (χ0n) is 17.8. The molecular weight excluding hydrogens is 498 g/mol. The number of nitrogens with zero attached hydrogens (tertiary/aromatic N) is 2. The van der Waals surface area contributed by atoms with Crippen LogP contribution < -0.4 is 10.2 Å². The first kappa shape index (κ1) is 22.8. The van der Waals surface area contributed by atoms with E-state index in [2.05, 4.69) is 21.2 Å². The Kier molecular flexibility index (Phi) is 6.97. The van der Waals surface area contributed by atoms with Gasteiger partial charge in [-0.25, -0.2) is 0 Å². The summed E-state index contributed by atoms with van der Waals surface area (Å²) in [4.78, 5) is 28.0. The number of amides is 2. The van der Waals surface area contributed by atoms with Gasteiger partial charge in [-0.3, -0.25) is 14.5 Å². The Labute approximate surface area is 205 Å². The molecule has 3 aromatic rings. The van der Waals surface area contributed by atoms with Crippen molar-refractivity contribution in [3.63, 3.8) is 0 Å². The number of benzene rings is 3. The molecule has 1 heterocycles. The van der Waals surface area contributed by atoms with Crippen LogP contribution in [0.4, 0.5) is 11.4 Å². The fourth-order valence-corrected chi connectivity index (χ4v) is 5.04. The van der Waals surface area contributed by atoms with Crippen LogP contribution in [0, 0.1) is 18.3 Å². The van der Waals surface area contributed by atoms with E-state index in [1.165, 1.54) is 16.7 Å². The molecule has 164 valence electrons. The van der Waals surface area contributed by atoms with Crippen molar-refractivity contribution in [3.8, 4) is 6.07 Å². The molecule has 1 atom stereocenters. The Balaban J connectivity index is 1.72. The topological polar surface area (TPSA) is 73.2 Å². The smallest absolute Gasteiger partial charge is 0.269 e. The minimum Gasteiger partial charge on any atom is -0.321 e. The van der Waals surface area contributed by atoms with Crippen molar-refractivity contribution in [2.75, 3.05) is 10.2 Å². The molecule has 0 aliphatic carbocycles. The second-order valence-electron chi connectivity index (χ2n) is 7.56. The Bertz CT molecular complexity index is 1250. The van der Waals surface area contributed by atoms with Crippen LogP contribution >= 0.6 is 27.7 Å². The van der Waals surface area contributed by atoms with E-state index >= 15 is 0 Å². The van der Waals surface area contributed by atoms with Crippen LogP contribution in [-0.4, -0.2) is 17.1 Å². The minimum absolute atomic E-state index is 0.0870. The van der Waals surface area contributed by atoms with Gasteiger partial charge in [-0.2, -0.15) is 5.26 Å². The van der Waals surface area contributed by atoms with Crippen LogP contribution in [0.3, 0.4) is 0 Å². The van der Waals surface area contributed by atoms with Gasteiger partial charge in [0, 0.05) is 15.8 Å². The van der Waals surface area contributed by atoms with Crippen molar-refractivity contribution < 1.29 is 9.59 Å². The molecule has 1 N–H and O–H groups in total. The van der Waals surface area contributed by atoms with Crippen LogP contribution in [0.25, 0.3) is 0 Å². The van der Waals surface area contributed by atoms with E-state index in [1.54, 1.807) is 24.3 Å². The highest BCUT2D eigenvalue weighted by molar-refractivity contribution is 9.10. The lowest BCUT2D eigenvalue weighted by Crippen LogP contribution is -2.30.